The number of carbonyl (C=O) groups excluding carboxylic acids is 2. The van der Waals surface area contributed by atoms with Crippen LogP contribution in [0.4, 0.5) is 45.9 Å². The number of hydrogen-bond acceptors (Lipinski definition) is 10. The summed E-state index contributed by atoms with van der Waals surface area (Å²) >= 11 is 6.08. The summed E-state index contributed by atoms with van der Waals surface area (Å²) in [6.45, 7) is 3.22. The molecule has 0 aliphatic carbocycles. The van der Waals surface area contributed by atoms with Crippen LogP contribution in [0.1, 0.15) is 74.3 Å². The quantitative estimate of drug-likeness (QED) is 0.112. The molecule has 61 heavy (non-hydrogen) atoms. The zero-order chi connectivity index (χ0) is 43.3. The maximum atomic E-state index is 14.8. The van der Waals surface area contributed by atoms with Crippen LogP contribution in [0.3, 0.4) is 0 Å². The molecule has 0 atom stereocenters. The van der Waals surface area contributed by atoms with Crippen molar-refractivity contribution >= 4 is 60.7 Å². The number of rotatable bonds is 9. The number of likely N-dealkylation sites (tertiary alicyclic amines) is 2. The summed E-state index contributed by atoms with van der Waals surface area (Å²) in [6.07, 6.45) is 0.814. The maximum Gasteiger partial charge on any atom is 0.325 e. The van der Waals surface area contributed by atoms with Gasteiger partial charge in [-0.1, -0.05) is 28.1 Å². The van der Waals surface area contributed by atoms with Crippen molar-refractivity contribution < 1.29 is 44.8 Å². The standard InChI is InChI=1S/C20H19F3N4O2S.C10H6BrF3N2O.C10H14N2OS/c21-15-11-13(18-24-25-19(29-18)17(22)23)6-7-14(15)12-27(16-5-4-10-30-16)20(28)26-8-2-1-3-9-26;11-4-6-2-1-5(3-7(6)12)9-15-16-10(17-9)8(13)14;13-10(11-9-5-4-8-14-9)12-6-2-1-3-7-12/h4-7,10-11,17H,1-3,8-9,12H2;1-3,8H,4H2;4-5,8H,1-3,6-7H2,(H,11,13). The molecule has 4 amide bonds. The van der Waals surface area contributed by atoms with Crippen molar-refractivity contribution in [1.29, 1.82) is 0 Å². The van der Waals surface area contributed by atoms with Crippen LogP contribution >= 0.6 is 38.6 Å². The Morgan fingerprint density at radius 1 is 0.705 bits per heavy atom. The molecule has 6 heterocycles. The number of nitrogens with zero attached hydrogens (tertiary/aromatic N) is 7. The van der Waals surface area contributed by atoms with Crippen LogP contribution in [-0.2, 0) is 11.9 Å². The molecule has 21 heteroatoms. The van der Waals surface area contributed by atoms with Crippen molar-refractivity contribution in [1.82, 2.24) is 30.2 Å². The Kier molecular flexibility index (Phi) is 16.3. The lowest BCUT2D eigenvalue weighted by atomic mass is 10.1. The second-order valence-electron chi connectivity index (χ2n) is 13.6. The molecule has 1 N–H and O–H groups in total. The zero-order valence-electron chi connectivity index (χ0n) is 32.3. The van der Waals surface area contributed by atoms with Crippen LogP contribution in [0.25, 0.3) is 22.9 Å². The Labute approximate surface area is 362 Å². The second kappa shape index (κ2) is 22.0. The van der Waals surface area contributed by atoms with Crippen molar-refractivity contribution in [2.75, 3.05) is 36.4 Å². The molecule has 0 unspecified atom stereocenters. The van der Waals surface area contributed by atoms with Crippen LogP contribution in [0.15, 0.2) is 80.3 Å². The number of hydrogen-bond donors (Lipinski definition) is 1. The van der Waals surface area contributed by atoms with Gasteiger partial charge in [0, 0.05) is 48.2 Å². The first-order valence-electron chi connectivity index (χ1n) is 19.1. The van der Waals surface area contributed by atoms with Gasteiger partial charge in [-0.05, 0) is 103 Å². The Balaban J connectivity index is 0.000000169. The third kappa shape index (κ3) is 12.4. The van der Waals surface area contributed by atoms with E-state index in [4.69, 9.17) is 8.83 Å². The molecule has 2 aliphatic heterocycles. The van der Waals surface area contributed by atoms with Gasteiger partial charge in [-0.15, -0.1) is 43.1 Å². The smallest absolute Gasteiger partial charge is 0.325 e. The molecule has 0 bridgehead atoms. The van der Waals surface area contributed by atoms with Gasteiger partial charge in [0.1, 0.15) is 11.6 Å². The highest BCUT2D eigenvalue weighted by Crippen LogP contribution is 2.30. The van der Waals surface area contributed by atoms with Gasteiger partial charge in [-0.3, -0.25) is 10.2 Å². The fraction of sp³-hybridized carbons (Fsp3) is 0.350. The molecule has 6 aromatic rings. The highest BCUT2D eigenvalue weighted by molar-refractivity contribution is 9.08. The van der Waals surface area contributed by atoms with Gasteiger partial charge in [0.15, 0.2) is 0 Å². The molecule has 324 valence electrons. The summed E-state index contributed by atoms with van der Waals surface area (Å²) in [6, 6.07) is 15.8. The SMILES string of the molecule is Fc1cc(-c2nnc(C(F)F)o2)ccc1CBr.O=C(N1CCCCC1)N(Cc1ccc(-c2nnc(C(F)F)o2)cc1F)c1cccs1.O=C(Nc1cccs1)N1CCCCC1. The number of halogens is 7. The lowest BCUT2D eigenvalue weighted by molar-refractivity contribution is 0.115. The first-order valence-corrected chi connectivity index (χ1v) is 21.9. The number of anilines is 2. The van der Waals surface area contributed by atoms with E-state index in [1.165, 1.54) is 48.1 Å². The predicted molar refractivity (Wildman–Crippen MR) is 222 cm³/mol. The average molecular weight is 954 g/mol. The molecule has 12 nitrogen and oxygen atoms in total. The maximum absolute atomic E-state index is 14.8. The average Bonchev–Trinajstić information content (AvgIpc) is 4.13. The van der Waals surface area contributed by atoms with Crippen LogP contribution in [-0.4, -0.2) is 68.4 Å². The number of amides is 4. The number of urea groups is 2. The van der Waals surface area contributed by atoms with Crippen molar-refractivity contribution in [3.63, 3.8) is 0 Å². The number of aromatic nitrogens is 4. The summed E-state index contributed by atoms with van der Waals surface area (Å²) in [5.74, 6) is -2.94. The lowest BCUT2D eigenvalue weighted by Gasteiger charge is -2.32. The third-order valence-corrected chi connectivity index (χ3v) is 11.6. The van der Waals surface area contributed by atoms with Gasteiger partial charge in [0.2, 0.25) is 11.8 Å². The molecule has 4 aromatic heterocycles. The fourth-order valence-electron chi connectivity index (χ4n) is 6.20. The lowest BCUT2D eigenvalue weighted by Crippen LogP contribution is -2.45. The summed E-state index contributed by atoms with van der Waals surface area (Å²) in [4.78, 5) is 30.0. The minimum Gasteiger partial charge on any atom is -0.415 e. The van der Waals surface area contributed by atoms with Crippen molar-refractivity contribution in [3.8, 4) is 22.9 Å². The van der Waals surface area contributed by atoms with Gasteiger partial charge in [-0.2, -0.15) is 17.6 Å². The summed E-state index contributed by atoms with van der Waals surface area (Å²) in [7, 11) is 0. The number of carbonyl (C=O) groups is 2. The Morgan fingerprint density at radius 2 is 1.23 bits per heavy atom. The normalized spacial score (nSPS) is 14.0. The molecule has 0 saturated carbocycles. The van der Waals surface area contributed by atoms with Gasteiger partial charge >= 0.3 is 24.9 Å². The Morgan fingerprint density at radius 3 is 1.69 bits per heavy atom. The van der Waals surface area contributed by atoms with E-state index in [0.717, 1.165) is 61.3 Å². The predicted octanol–water partition coefficient (Wildman–Crippen LogP) is 12.0. The molecule has 2 fully saturated rings. The largest absolute Gasteiger partial charge is 0.415 e. The monoisotopic (exact) mass is 952 g/mol. The van der Waals surface area contributed by atoms with Gasteiger partial charge in [0.25, 0.3) is 11.8 Å². The molecule has 8 rings (SSSR count). The van der Waals surface area contributed by atoms with E-state index in [1.54, 1.807) is 21.1 Å². The van der Waals surface area contributed by atoms with E-state index >= 15 is 0 Å². The van der Waals surface area contributed by atoms with Crippen molar-refractivity contribution in [2.45, 2.75) is 63.3 Å². The van der Waals surface area contributed by atoms with E-state index in [9.17, 15) is 35.9 Å². The molecular weight excluding hydrogens is 915 g/mol. The van der Waals surface area contributed by atoms with E-state index in [1.807, 2.05) is 39.9 Å². The molecular formula is C40H39BrF6N8O4S2. The first-order chi connectivity index (χ1) is 29.5. The highest BCUT2D eigenvalue weighted by Gasteiger charge is 2.26. The summed E-state index contributed by atoms with van der Waals surface area (Å²) < 4.78 is 87.5. The summed E-state index contributed by atoms with van der Waals surface area (Å²) in [5.41, 5.74) is 1.22. The number of alkyl halides is 5. The summed E-state index contributed by atoms with van der Waals surface area (Å²) in [5, 5.41) is 22.1. The van der Waals surface area contributed by atoms with Crippen LogP contribution < -0.4 is 10.2 Å². The molecule has 0 radical (unpaired) electrons. The molecule has 2 aromatic carbocycles. The second-order valence-corrected chi connectivity index (χ2v) is 16.0. The number of thiophene rings is 2. The molecule has 2 aliphatic rings. The molecule has 0 spiro atoms. The van der Waals surface area contributed by atoms with E-state index in [-0.39, 0.29) is 41.5 Å². The highest BCUT2D eigenvalue weighted by atomic mass is 79.9. The topological polar surface area (TPSA) is 134 Å². The number of piperidine rings is 2. The molecule has 2 saturated heterocycles. The fourth-order valence-corrected chi connectivity index (χ4v) is 7.98. The third-order valence-electron chi connectivity index (χ3n) is 9.35. The number of nitrogens with one attached hydrogen (secondary N) is 1. The van der Waals surface area contributed by atoms with E-state index in [2.05, 4.69) is 41.6 Å². The first kappa shape index (κ1) is 45.3. The van der Waals surface area contributed by atoms with Gasteiger partial charge in [-0.25, -0.2) is 18.4 Å². The van der Waals surface area contributed by atoms with Crippen molar-refractivity contribution in [3.05, 3.63) is 106 Å². The van der Waals surface area contributed by atoms with Crippen LogP contribution in [0.5, 0.6) is 0 Å². The Bertz CT molecular complexity index is 2300. The Hall–Kier alpha value is -5.28. The minimum absolute atomic E-state index is 0.0483. The zero-order valence-corrected chi connectivity index (χ0v) is 35.5. The van der Waals surface area contributed by atoms with Crippen LogP contribution in [0.2, 0.25) is 0 Å². The van der Waals surface area contributed by atoms with Crippen LogP contribution in [0, 0.1) is 11.6 Å². The van der Waals surface area contributed by atoms with E-state index in [0.29, 0.717) is 29.5 Å². The van der Waals surface area contributed by atoms with Crippen molar-refractivity contribution in [2.24, 2.45) is 0 Å². The van der Waals surface area contributed by atoms with Gasteiger partial charge < -0.3 is 18.6 Å². The van der Waals surface area contributed by atoms with Gasteiger partial charge in [0.05, 0.1) is 16.5 Å². The number of benzene rings is 2. The van der Waals surface area contributed by atoms with E-state index < -0.39 is 36.3 Å². The minimum atomic E-state index is -2.89.